The third-order valence-electron chi connectivity index (χ3n) is 3.25. The molecule has 1 aliphatic rings. The summed E-state index contributed by atoms with van der Waals surface area (Å²) in [6, 6.07) is 0. The molecule has 1 aromatic rings. The van der Waals surface area contributed by atoms with Gasteiger partial charge in [-0.05, 0) is 19.8 Å². The topological polar surface area (TPSA) is 44.1 Å². The molecule has 0 saturated carbocycles. The van der Waals surface area contributed by atoms with Gasteiger partial charge in [0, 0.05) is 24.9 Å². The molecule has 0 amide bonds. The molecule has 2 atom stereocenters. The Morgan fingerprint density at radius 2 is 2.47 bits per heavy atom. The summed E-state index contributed by atoms with van der Waals surface area (Å²) in [4.78, 5) is 16.3. The minimum absolute atomic E-state index is 0.0665. The summed E-state index contributed by atoms with van der Waals surface area (Å²) in [5.74, 6) is 1.21. The molecular weight excluding hydrogens is 216 g/mol. The fourth-order valence-corrected chi connectivity index (χ4v) is 2.29. The van der Waals surface area contributed by atoms with Crippen molar-refractivity contribution < 1.29 is 9.53 Å². The maximum absolute atomic E-state index is 12.1. The van der Waals surface area contributed by atoms with Gasteiger partial charge in [-0.25, -0.2) is 4.98 Å². The summed E-state index contributed by atoms with van der Waals surface area (Å²) in [5.41, 5.74) is 0. The third-order valence-corrected chi connectivity index (χ3v) is 3.25. The number of rotatable bonds is 5. The number of carbonyl (C=O) groups excluding carboxylic acids is 1. The first kappa shape index (κ1) is 12.3. The van der Waals surface area contributed by atoms with Crippen LogP contribution in [0.4, 0.5) is 0 Å². The largest absolute Gasteiger partial charge is 0.378 e. The maximum atomic E-state index is 12.1. The average Bonchev–Trinajstić information content (AvgIpc) is 2.89. The van der Waals surface area contributed by atoms with Crippen molar-refractivity contribution in [2.24, 2.45) is 5.92 Å². The van der Waals surface area contributed by atoms with Gasteiger partial charge in [-0.3, -0.25) is 4.79 Å². The first-order valence-electron chi connectivity index (χ1n) is 6.35. The highest BCUT2D eigenvalue weighted by Crippen LogP contribution is 2.21. The monoisotopic (exact) mass is 236 g/mol. The van der Waals surface area contributed by atoms with Gasteiger partial charge in [0.2, 0.25) is 0 Å². The number of ether oxygens (including phenoxy) is 1. The van der Waals surface area contributed by atoms with Crippen molar-refractivity contribution in [1.82, 2.24) is 9.55 Å². The Morgan fingerprint density at radius 1 is 1.65 bits per heavy atom. The van der Waals surface area contributed by atoms with E-state index in [1.165, 1.54) is 0 Å². The lowest BCUT2D eigenvalue weighted by atomic mass is 9.98. The normalized spacial score (nSPS) is 24.1. The highest BCUT2D eigenvalue weighted by Gasteiger charge is 2.28. The van der Waals surface area contributed by atoms with Crippen LogP contribution in [0.2, 0.25) is 0 Å². The van der Waals surface area contributed by atoms with Gasteiger partial charge in [-0.15, -0.1) is 0 Å². The van der Waals surface area contributed by atoms with Crippen LogP contribution < -0.4 is 0 Å². The van der Waals surface area contributed by atoms with Gasteiger partial charge < -0.3 is 9.30 Å². The minimum Gasteiger partial charge on any atom is -0.378 e. The molecule has 2 unspecified atom stereocenters. The number of aryl methyl sites for hydroxylation is 1. The number of imidazole rings is 1. The molecule has 4 nitrogen and oxygen atoms in total. The number of hydrogen-bond acceptors (Lipinski definition) is 3. The first-order valence-corrected chi connectivity index (χ1v) is 6.35. The molecule has 2 heterocycles. The van der Waals surface area contributed by atoms with Crippen LogP contribution in [0.1, 0.15) is 32.5 Å². The van der Waals surface area contributed by atoms with Crippen molar-refractivity contribution in [3.05, 3.63) is 18.2 Å². The van der Waals surface area contributed by atoms with Crippen molar-refractivity contribution >= 4 is 5.78 Å². The molecule has 1 fully saturated rings. The molecule has 1 aromatic heterocycles. The first-order chi connectivity index (χ1) is 8.20. The standard InChI is InChI=1S/C13H20N2O2/c1-3-5-15-6-4-14-13(15)8-12(16)11-7-10(2)17-9-11/h4,6,10-11H,3,5,7-9H2,1-2H3. The summed E-state index contributed by atoms with van der Waals surface area (Å²) in [7, 11) is 0. The van der Waals surface area contributed by atoms with Crippen LogP contribution in [0.25, 0.3) is 0 Å². The molecule has 0 aliphatic carbocycles. The van der Waals surface area contributed by atoms with E-state index in [0.29, 0.717) is 13.0 Å². The van der Waals surface area contributed by atoms with Crippen molar-refractivity contribution in [1.29, 1.82) is 0 Å². The van der Waals surface area contributed by atoms with E-state index in [1.54, 1.807) is 6.20 Å². The minimum atomic E-state index is 0.0665. The highest BCUT2D eigenvalue weighted by molar-refractivity contribution is 5.83. The van der Waals surface area contributed by atoms with E-state index in [2.05, 4.69) is 16.5 Å². The van der Waals surface area contributed by atoms with Crippen LogP contribution in [-0.2, 0) is 22.5 Å². The predicted molar refractivity (Wildman–Crippen MR) is 64.8 cm³/mol. The van der Waals surface area contributed by atoms with E-state index in [1.807, 2.05) is 13.1 Å². The summed E-state index contributed by atoms with van der Waals surface area (Å²) in [6.07, 6.45) is 6.29. The average molecular weight is 236 g/mol. The highest BCUT2D eigenvalue weighted by atomic mass is 16.5. The summed E-state index contributed by atoms with van der Waals surface area (Å²) < 4.78 is 7.50. The number of hydrogen-bond donors (Lipinski definition) is 0. The van der Waals surface area contributed by atoms with Crippen LogP contribution >= 0.6 is 0 Å². The predicted octanol–water partition coefficient (Wildman–Crippen LogP) is 1.83. The van der Waals surface area contributed by atoms with Gasteiger partial charge in [0.05, 0.1) is 19.1 Å². The number of aromatic nitrogens is 2. The lowest BCUT2D eigenvalue weighted by Gasteiger charge is -2.08. The van der Waals surface area contributed by atoms with Gasteiger partial charge in [-0.1, -0.05) is 6.92 Å². The van der Waals surface area contributed by atoms with Gasteiger partial charge in [-0.2, -0.15) is 0 Å². The molecule has 0 bridgehead atoms. The van der Waals surface area contributed by atoms with Gasteiger partial charge in [0.15, 0.2) is 0 Å². The second-order valence-corrected chi connectivity index (χ2v) is 4.76. The van der Waals surface area contributed by atoms with Gasteiger partial charge in [0.25, 0.3) is 0 Å². The number of nitrogens with zero attached hydrogens (tertiary/aromatic N) is 2. The Kier molecular flexibility index (Phi) is 3.94. The molecule has 0 aromatic carbocycles. The zero-order valence-electron chi connectivity index (χ0n) is 10.6. The van der Waals surface area contributed by atoms with E-state index in [0.717, 1.165) is 25.2 Å². The smallest absolute Gasteiger partial charge is 0.145 e. The zero-order chi connectivity index (χ0) is 12.3. The summed E-state index contributed by atoms with van der Waals surface area (Å²) >= 11 is 0. The van der Waals surface area contributed by atoms with E-state index in [4.69, 9.17) is 4.74 Å². The van der Waals surface area contributed by atoms with Crippen molar-refractivity contribution in [2.75, 3.05) is 6.61 Å². The molecule has 1 saturated heterocycles. The third kappa shape index (κ3) is 2.94. The molecule has 1 aliphatic heterocycles. The van der Waals surface area contributed by atoms with Crippen molar-refractivity contribution in [3.8, 4) is 0 Å². The lowest BCUT2D eigenvalue weighted by molar-refractivity contribution is -0.122. The summed E-state index contributed by atoms with van der Waals surface area (Å²) in [5, 5.41) is 0. The Labute approximate surface area is 102 Å². The molecule has 17 heavy (non-hydrogen) atoms. The lowest BCUT2D eigenvalue weighted by Crippen LogP contribution is -2.19. The molecular formula is C13H20N2O2. The maximum Gasteiger partial charge on any atom is 0.145 e. The van der Waals surface area contributed by atoms with Crippen LogP contribution in [0, 0.1) is 5.92 Å². The molecule has 0 N–H and O–H groups in total. The SMILES string of the molecule is CCCn1ccnc1CC(=O)C1COC(C)C1. The zero-order valence-corrected chi connectivity index (χ0v) is 10.6. The molecule has 2 rings (SSSR count). The van der Waals surface area contributed by atoms with Gasteiger partial charge >= 0.3 is 0 Å². The van der Waals surface area contributed by atoms with Crippen LogP contribution in [0.15, 0.2) is 12.4 Å². The van der Waals surface area contributed by atoms with Crippen LogP contribution in [0.3, 0.4) is 0 Å². The fourth-order valence-electron chi connectivity index (χ4n) is 2.29. The number of Topliss-reactive ketones (excluding diaryl/α,β-unsaturated/α-hetero) is 1. The van der Waals surface area contributed by atoms with Gasteiger partial charge in [0.1, 0.15) is 11.6 Å². The fraction of sp³-hybridized carbons (Fsp3) is 0.692. The van der Waals surface area contributed by atoms with E-state index in [9.17, 15) is 4.79 Å². The number of carbonyl (C=O) groups is 1. The Morgan fingerprint density at radius 3 is 3.12 bits per heavy atom. The van der Waals surface area contributed by atoms with E-state index >= 15 is 0 Å². The molecule has 4 heteroatoms. The van der Waals surface area contributed by atoms with Crippen molar-refractivity contribution in [3.63, 3.8) is 0 Å². The molecule has 0 spiro atoms. The number of ketones is 1. The second-order valence-electron chi connectivity index (χ2n) is 4.76. The quantitative estimate of drug-likeness (QED) is 0.783. The van der Waals surface area contributed by atoms with Crippen LogP contribution in [0.5, 0.6) is 0 Å². The Balaban J connectivity index is 1.95. The van der Waals surface area contributed by atoms with E-state index in [-0.39, 0.29) is 17.8 Å². The Bertz CT molecular complexity index is 387. The molecule has 94 valence electrons. The van der Waals surface area contributed by atoms with E-state index < -0.39 is 0 Å². The Hall–Kier alpha value is -1.16. The summed E-state index contributed by atoms with van der Waals surface area (Å²) in [6.45, 7) is 5.65. The van der Waals surface area contributed by atoms with Crippen molar-refractivity contribution in [2.45, 2.75) is 45.8 Å². The second kappa shape index (κ2) is 5.45. The van der Waals surface area contributed by atoms with Crippen LogP contribution in [-0.4, -0.2) is 28.0 Å². The molecule has 0 radical (unpaired) electrons.